The minimum absolute atomic E-state index is 0.274. The maximum absolute atomic E-state index is 2.51. The molecule has 1 atom stereocenters. The Kier molecular flexibility index (Phi) is 3.83. The van der Waals surface area contributed by atoms with Gasteiger partial charge in [-0.2, -0.15) is 0 Å². The van der Waals surface area contributed by atoms with Gasteiger partial charge < -0.3 is 0 Å². The van der Waals surface area contributed by atoms with Crippen LogP contribution in [0.5, 0.6) is 0 Å². The van der Waals surface area contributed by atoms with E-state index in [4.69, 9.17) is 0 Å². The van der Waals surface area contributed by atoms with Crippen molar-refractivity contribution in [3.05, 3.63) is 141 Å². The summed E-state index contributed by atoms with van der Waals surface area (Å²) in [6, 6.07) is 42.6. The topological polar surface area (TPSA) is 0 Å². The minimum Gasteiger partial charge on any atom is -0.0622 e. The summed E-state index contributed by atoms with van der Waals surface area (Å²) >= 11 is 2.51. The molecule has 5 aromatic carbocycles. The highest BCUT2D eigenvalue weighted by atomic mass is 127. The van der Waals surface area contributed by atoms with Crippen LogP contribution in [0.2, 0.25) is 0 Å². The molecule has 150 valence electrons. The summed E-state index contributed by atoms with van der Waals surface area (Å²) in [5, 5.41) is 0. The van der Waals surface area contributed by atoms with E-state index < -0.39 is 0 Å². The van der Waals surface area contributed by atoms with Crippen molar-refractivity contribution >= 4 is 22.6 Å². The normalized spacial score (nSPS) is 17.0. The highest BCUT2D eigenvalue weighted by Crippen LogP contribution is 2.63. The second kappa shape index (κ2) is 6.66. The van der Waals surface area contributed by atoms with Crippen molar-refractivity contribution in [1.82, 2.24) is 0 Å². The molecule has 0 saturated carbocycles. The van der Waals surface area contributed by atoms with Crippen LogP contribution in [0.1, 0.15) is 22.3 Å². The molecule has 0 saturated heterocycles. The van der Waals surface area contributed by atoms with Crippen LogP contribution in [-0.4, -0.2) is 0 Å². The Morgan fingerprint density at radius 2 is 1.06 bits per heavy atom. The van der Waals surface area contributed by atoms with Crippen molar-refractivity contribution in [1.29, 1.82) is 0 Å². The maximum Gasteiger partial charge on any atom is 0.0726 e. The largest absolute Gasteiger partial charge is 0.0726 e. The third-order valence-corrected chi connectivity index (χ3v) is 8.07. The van der Waals surface area contributed by atoms with E-state index in [9.17, 15) is 0 Å². The van der Waals surface area contributed by atoms with E-state index in [0.717, 1.165) is 0 Å². The molecule has 7 rings (SSSR count). The van der Waals surface area contributed by atoms with Crippen LogP contribution in [0, 0.1) is 3.57 Å². The van der Waals surface area contributed by atoms with Crippen LogP contribution in [0.15, 0.2) is 115 Å². The second-order valence-electron chi connectivity index (χ2n) is 8.63. The van der Waals surface area contributed by atoms with Crippen molar-refractivity contribution < 1.29 is 0 Å². The first-order valence-corrected chi connectivity index (χ1v) is 12.1. The van der Waals surface area contributed by atoms with E-state index >= 15 is 0 Å². The van der Waals surface area contributed by atoms with Crippen molar-refractivity contribution in [2.45, 2.75) is 5.41 Å². The fourth-order valence-corrected chi connectivity index (χ4v) is 6.74. The molecule has 2 aliphatic carbocycles. The quantitative estimate of drug-likeness (QED) is 0.192. The molecule has 0 heterocycles. The Morgan fingerprint density at radius 3 is 1.88 bits per heavy atom. The molecule has 0 aromatic heterocycles. The molecule has 0 amide bonds. The molecule has 0 fully saturated rings. The van der Waals surface area contributed by atoms with Crippen LogP contribution in [0.25, 0.3) is 33.4 Å². The van der Waals surface area contributed by atoms with E-state index in [2.05, 4.69) is 138 Å². The first kappa shape index (κ1) is 18.4. The zero-order chi connectivity index (χ0) is 21.3. The zero-order valence-electron chi connectivity index (χ0n) is 17.3. The fraction of sp³-hybridized carbons (Fsp3) is 0.0323. The van der Waals surface area contributed by atoms with Crippen molar-refractivity contribution in [2.24, 2.45) is 0 Å². The Bertz CT molecular complexity index is 1530. The lowest BCUT2D eigenvalue weighted by molar-refractivity contribution is 0.794. The average molecular weight is 518 g/mol. The molecule has 1 spiro atoms. The maximum atomic E-state index is 2.51. The lowest BCUT2D eigenvalue weighted by Crippen LogP contribution is -2.25. The molecule has 1 heteroatoms. The van der Waals surface area contributed by atoms with E-state index in [1.54, 1.807) is 0 Å². The van der Waals surface area contributed by atoms with Gasteiger partial charge in [0.15, 0.2) is 0 Å². The van der Waals surface area contributed by atoms with Crippen LogP contribution in [0.4, 0.5) is 0 Å². The van der Waals surface area contributed by atoms with Gasteiger partial charge in [0.1, 0.15) is 0 Å². The van der Waals surface area contributed by atoms with Gasteiger partial charge in [0.05, 0.1) is 5.41 Å². The molecule has 32 heavy (non-hydrogen) atoms. The van der Waals surface area contributed by atoms with Crippen LogP contribution in [-0.2, 0) is 5.41 Å². The predicted molar refractivity (Wildman–Crippen MR) is 141 cm³/mol. The summed E-state index contributed by atoms with van der Waals surface area (Å²) in [5.74, 6) is 0. The van der Waals surface area contributed by atoms with Crippen LogP contribution in [0.3, 0.4) is 0 Å². The third-order valence-electron chi connectivity index (χ3n) is 7.17. The van der Waals surface area contributed by atoms with E-state index in [1.165, 1.54) is 59.2 Å². The summed E-state index contributed by atoms with van der Waals surface area (Å²) < 4.78 is 1.31. The smallest absolute Gasteiger partial charge is 0.0622 e. The molecular formula is C31H19I. The third kappa shape index (κ3) is 2.22. The van der Waals surface area contributed by atoms with Gasteiger partial charge in [-0.25, -0.2) is 0 Å². The van der Waals surface area contributed by atoms with Crippen molar-refractivity contribution in [3.63, 3.8) is 0 Å². The molecule has 0 bridgehead atoms. The number of hydrogen-bond donors (Lipinski definition) is 0. The lowest BCUT2D eigenvalue weighted by Gasteiger charge is -2.30. The van der Waals surface area contributed by atoms with E-state index in [-0.39, 0.29) is 5.41 Å². The molecule has 0 aliphatic heterocycles. The standard InChI is InChI=1S/C31H19I/c32-29-16-8-15-27-30(29)24-12-5-7-14-26(24)31(27)25-13-6-4-11-22(25)23-18-17-21(19-28(23)31)20-9-2-1-3-10-20/h1-19H. The van der Waals surface area contributed by atoms with Gasteiger partial charge in [-0.3, -0.25) is 0 Å². The highest BCUT2D eigenvalue weighted by molar-refractivity contribution is 14.1. The second-order valence-corrected chi connectivity index (χ2v) is 9.79. The van der Waals surface area contributed by atoms with E-state index in [1.807, 2.05) is 0 Å². The first-order valence-electron chi connectivity index (χ1n) is 11.0. The Morgan fingerprint density at radius 1 is 0.438 bits per heavy atom. The summed E-state index contributed by atoms with van der Waals surface area (Å²) in [6.07, 6.45) is 0. The van der Waals surface area contributed by atoms with Gasteiger partial charge in [0.2, 0.25) is 0 Å². The SMILES string of the molecule is Ic1cccc2c1-c1ccccc1C21c2ccccc2-c2ccc(-c3ccccc3)cc21. The molecule has 5 aromatic rings. The molecule has 0 N–H and O–H groups in total. The molecular weight excluding hydrogens is 499 g/mol. The fourth-order valence-electron chi connectivity index (χ4n) is 5.95. The molecule has 2 aliphatic rings. The summed E-state index contributed by atoms with van der Waals surface area (Å²) in [4.78, 5) is 0. The van der Waals surface area contributed by atoms with Crippen LogP contribution < -0.4 is 0 Å². The Balaban J connectivity index is 1.66. The van der Waals surface area contributed by atoms with Gasteiger partial charge in [0.25, 0.3) is 0 Å². The molecule has 1 unspecified atom stereocenters. The van der Waals surface area contributed by atoms with Gasteiger partial charge in [-0.1, -0.05) is 103 Å². The number of halogens is 1. The molecule has 0 nitrogen and oxygen atoms in total. The Labute approximate surface area is 201 Å². The lowest BCUT2D eigenvalue weighted by atomic mass is 9.70. The van der Waals surface area contributed by atoms with Crippen LogP contribution >= 0.6 is 22.6 Å². The number of fused-ring (bicyclic) bond motifs is 10. The summed E-state index contributed by atoms with van der Waals surface area (Å²) in [5.41, 5.74) is 13.3. The number of benzene rings is 5. The van der Waals surface area contributed by atoms with Crippen molar-refractivity contribution in [2.75, 3.05) is 0 Å². The van der Waals surface area contributed by atoms with Crippen molar-refractivity contribution in [3.8, 4) is 33.4 Å². The first-order chi connectivity index (χ1) is 15.8. The van der Waals surface area contributed by atoms with Gasteiger partial charge in [-0.05, 0) is 84.8 Å². The van der Waals surface area contributed by atoms with Gasteiger partial charge >= 0.3 is 0 Å². The highest BCUT2D eigenvalue weighted by Gasteiger charge is 2.51. The van der Waals surface area contributed by atoms with Gasteiger partial charge in [0, 0.05) is 9.13 Å². The monoisotopic (exact) mass is 518 g/mol. The van der Waals surface area contributed by atoms with E-state index in [0.29, 0.717) is 0 Å². The minimum atomic E-state index is -0.274. The number of rotatable bonds is 1. The Hall–Kier alpha value is -3.17. The summed E-state index contributed by atoms with van der Waals surface area (Å²) in [7, 11) is 0. The number of hydrogen-bond acceptors (Lipinski definition) is 0. The average Bonchev–Trinajstić information content (AvgIpc) is 3.32. The predicted octanol–water partition coefficient (Wildman–Crippen LogP) is 8.30. The van der Waals surface area contributed by atoms with Gasteiger partial charge in [-0.15, -0.1) is 0 Å². The molecule has 0 radical (unpaired) electrons. The zero-order valence-corrected chi connectivity index (χ0v) is 19.5. The summed E-state index contributed by atoms with van der Waals surface area (Å²) in [6.45, 7) is 0.